The minimum atomic E-state index is -0.281. The van der Waals surface area contributed by atoms with Crippen molar-refractivity contribution in [3.63, 3.8) is 0 Å². The third kappa shape index (κ3) is 7.36. The molecule has 4 aromatic rings. The molecule has 2 heterocycles. The van der Waals surface area contributed by atoms with E-state index in [-0.39, 0.29) is 11.7 Å². The van der Waals surface area contributed by atoms with Gasteiger partial charge in [-0.05, 0) is 82.0 Å². The Labute approximate surface area is 231 Å². The summed E-state index contributed by atoms with van der Waals surface area (Å²) in [4.78, 5) is 16.6. The van der Waals surface area contributed by atoms with Gasteiger partial charge < -0.3 is 20.2 Å². The van der Waals surface area contributed by atoms with Gasteiger partial charge in [0.1, 0.15) is 5.15 Å². The third-order valence-corrected chi connectivity index (χ3v) is 6.05. The van der Waals surface area contributed by atoms with Gasteiger partial charge in [0, 0.05) is 22.8 Å². The van der Waals surface area contributed by atoms with Gasteiger partial charge in [-0.25, -0.2) is 4.98 Å². The molecule has 0 bridgehead atoms. The number of carbonyl (C=O) groups is 1. The quantitative estimate of drug-likeness (QED) is 0.151. The molecule has 0 radical (unpaired) electrons. The number of nitrogen functional groups attached to an aromatic ring is 1. The molecule has 38 heavy (non-hydrogen) atoms. The predicted octanol–water partition coefficient (Wildman–Crippen LogP) is 8.44. The van der Waals surface area contributed by atoms with E-state index in [0.29, 0.717) is 11.6 Å². The summed E-state index contributed by atoms with van der Waals surface area (Å²) in [5, 5.41) is 1.52. The van der Waals surface area contributed by atoms with Crippen molar-refractivity contribution in [2.75, 3.05) is 12.8 Å². The van der Waals surface area contributed by atoms with E-state index in [1.165, 1.54) is 12.7 Å². The average Bonchev–Trinajstić information content (AvgIpc) is 3.32. The number of benzene rings is 2. The number of methoxy groups -OCH3 is 1. The molecule has 0 aliphatic rings. The monoisotopic (exact) mass is 537 g/mol. The van der Waals surface area contributed by atoms with E-state index in [4.69, 9.17) is 26.9 Å². The Hall–Kier alpha value is -3.35. The van der Waals surface area contributed by atoms with E-state index < -0.39 is 0 Å². The maximum absolute atomic E-state index is 8.95. The molecule has 3 N–H and O–H groups in total. The minimum absolute atomic E-state index is 0.133. The first-order valence-corrected chi connectivity index (χ1v) is 13.1. The van der Waals surface area contributed by atoms with Gasteiger partial charge in [0.15, 0.2) is 0 Å². The number of aryl methyl sites for hydroxylation is 1. The lowest BCUT2D eigenvalue weighted by Crippen LogP contribution is -2.22. The van der Waals surface area contributed by atoms with Crippen molar-refractivity contribution in [2.45, 2.75) is 67.1 Å². The summed E-state index contributed by atoms with van der Waals surface area (Å²) in [6, 6.07) is 14.6. The summed E-state index contributed by atoms with van der Waals surface area (Å²) < 4.78 is 10.3. The highest BCUT2D eigenvalue weighted by Crippen LogP contribution is 2.44. The normalized spacial score (nSPS) is 11.6. The van der Waals surface area contributed by atoms with Crippen LogP contribution in [-0.2, 0) is 14.3 Å². The van der Waals surface area contributed by atoms with Gasteiger partial charge in [-0.15, -0.1) is 0 Å². The van der Waals surface area contributed by atoms with Crippen LogP contribution in [-0.4, -0.2) is 29.2 Å². The van der Waals surface area contributed by atoms with Crippen LogP contribution in [0.4, 0.5) is 5.69 Å². The van der Waals surface area contributed by atoms with Crippen LogP contribution in [0.1, 0.15) is 64.3 Å². The molecule has 0 saturated carbocycles. The molecule has 6 nitrogen and oxygen atoms in total. The van der Waals surface area contributed by atoms with E-state index in [9.17, 15) is 0 Å². The summed E-state index contributed by atoms with van der Waals surface area (Å²) in [5.74, 6) is 0. The van der Waals surface area contributed by atoms with E-state index in [1.54, 1.807) is 6.20 Å². The summed E-state index contributed by atoms with van der Waals surface area (Å²) in [6.07, 6.45) is 1.58. The molecule has 0 aliphatic carbocycles. The number of H-pyrrole nitrogens is 1. The molecule has 0 spiro atoms. The second kappa shape index (κ2) is 13.4. The first-order chi connectivity index (χ1) is 18.0. The van der Waals surface area contributed by atoms with Crippen molar-refractivity contribution in [1.29, 1.82) is 0 Å². The summed E-state index contributed by atoms with van der Waals surface area (Å²) in [6.45, 7) is 16.9. The van der Waals surface area contributed by atoms with Crippen molar-refractivity contribution < 1.29 is 14.3 Å². The molecule has 0 amide bonds. The molecule has 1 atom stereocenters. The zero-order valence-corrected chi connectivity index (χ0v) is 24.7. The highest BCUT2D eigenvalue weighted by atomic mass is 35.5. The molecule has 4 rings (SSSR count). The largest absolute Gasteiger partial charge is 0.471 e. The number of carbonyl (C=O) groups excluding carboxylic acids is 1. The van der Waals surface area contributed by atoms with E-state index >= 15 is 0 Å². The van der Waals surface area contributed by atoms with Crippen LogP contribution in [0.25, 0.3) is 33.3 Å². The number of hydrogen-bond donors (Lipinski definition) is 2. The minimum Gasteiger partial charge on any atom is -0.471 e. The number of nitrogens with zero attached hydrogens (tertiary/aromatic N) is 1. The lowest BCUT2D eigenvalue weighted by atomic mass is 9.88. The number of rotatable bonds is 5. The number of nitrogens with one attached hydrogen (secondary N) is 1. The van der Waals surface area contributed by atoms with Gasteiger partial charge in [-0.2, -0.15) is 0 Å². The summed E-state index contributed by atoms with van der Waals surface area (Å²) in [5.41, 5.74) is 15.6. The molecule has 2 aromatic carbocycles. The van der Waals surface area contributed by atoms with Crippen LogP contribution in [0.2, 0.25) is 5.15 Å². The van der Waals surface area contributed by atoms with Crippen LogP contribution in [0.15, 0.2) is 48.7 Å². The number of ether oxygens (including phenoxy) is 2. The van der Waals surface area contributed by atoms with Crippen LogP contribution in [0.5, 0.6) is 0 Å². The molecule has 0 saturated heterocycles. The lowest BCUT2D eigenvalue weighted by Gasteiger charge is -2.29. The van der Waals surface area contributed by atoms with Crippen molar-refractivity contribution in [1.82, 2.24) is 9.97 Å². The van der Waals surface area contributed by atoms with Crippen LogP contribution < -0.4 is 5.73 Å². The molecule has 1 unspecified atom stereocenters. The van der Waals surface area contributed by atoms with Gasteiger partial charge in [-0.1, -0.05) is 55.3 Å². The van der Waals surface area contributed by atoms with E-state index in [1.807, 2.05) is 26.0 Å². The molecule has 204 valence electrons. The van der Waals surface area contributed by atoms with Crippen LogP contribution in [0, 0.1) is 13.8 Å². The predicted molar refractivity (Wildman–Crippen MR) is 160 cm³/mol. The number of halogens is 1. The second-order valence-electron chi connectivity index (χ2n) is 9.74. The lowest BCUT2D eigenvalue weighted by molar-refractivity contribution is -0.126. The van der Waals surface area contributed by atoms with Gasteiger partial charge in [0.2, 0.25) is 0 Å². The number of anilines is 1. The number of pyridine rings is 1. The van der Waals surface area contributed by atoms with Crippen molar-refractivity contribution in [3.8, 4) is 22.4 Å². The Balaban J connectivity index is 0.000000773. The fourth-order valence-electron chi connectivity index (χ4n) is 4.38. The first-order valence-electron chi connectivity index (χ1n) is 12.7. The van der Waals surface area contributed by atoms with Crippen LogP contribution >= 0.6 is 11.6 Å². The fraction of sp³-hybridized carbons (Fsp3) is 0.355. The fourth-order valence-corrected chi connectivity index (χ4v) is 4.56. The zero-order valence-electron chi connectivity index (χ0n) is 23.9. The molecule has 0 aliphatic heterocycles. The number of hydrogen-bond acceptors (Lipinski definition) is 5. The SMILES string of the molecule is CC.COC=O.Cc1ccc(-c2c(C(C)OC(C)(C)C)c(C)c(N)c3[nH]c(-c4ccnc(Cl)c4)cc23)cc1. The molecular weight excluding hydrogens is 498 g/mol. The van der Waals surface area contributed by atoms with Crippen molar-refractivity contribution >= 4 is 34.7 Å². The second-order valence-corrected chi connectivity index (χ2v) is 10.1. The molecule has 0 fully saturated rings. The molecule has 7 heteroatoms. The van der Waals surface area contributed by atoms with Gasteiger partial charge >= 0.3 is 0 Å². The Kier molecular flexibility index (Phi) is 10.9. The number of aromatic amines is 1. The van der Waals surface area contributed by atoms with Crippen molar-refractivity contribution in [2.24, 2.45) is 0 Å². The van der Waals surface area contributed by atoms with E-state index in [0.717, 1.165) is 50.1 Å². The number of fused-ring (bicyclic) bond motifs is 1. The number of nitrogens with two attached hydrogens (primary N) is 1. The summed E-state index contributed by atoms with van der Waals surface area (Å²) in [7, 11) is 1.31. The smallest absolute Gasteiger partial charge is 0.292 e. The van der Waals surface area contributed by atoms with Crippen molar-refractivity contribution in [3.05, 3.63) is 70.5 Å². The van der Waals surface area contributed by atoms with Gasteiger partial charge in [0.25, 0.3) is 6.47 Å². The Morgan fingerprint density at radius 3 is 2.18 bits per heavy atom. The maximum Gasteiger partial charge on any atom is 0.292 e. The number of aromatic nitrogens is 2. The molecule has 2 aromatic heterocycles. The highest BCUT2D eigenvalue weighted by molar-refractivity contribution is 6.29. The highest BCUT2D eigenvalue weighted by Gasteiger charge is 2.26. The topological polar surface area (TPSA) is 90.2 Å². The molecular formula is C31H40ClN3O3. The third-order valence-electron chi connectivity index (χ3n) is 5.84. The Morgan fingerprint density at radius 2 is 1.66 bits per heavy atom. The van der Waals surface area contributed by atoms with Gasteiger partial charge in [0.05, 0.1) is 30.0 Å². The standard InChI is InChI=1S/C27H30ClN3O.C2H4O2.C2H6/c1-15-7-9-18(10-8-15)24-20-14-21(19-11-12-30-22(28)13-19)31-26(20)25(29)16(2)23(24)17(3)32-27(4,5)6;1-4-2-3;1-2/h7-14,17,31H,29H2,1-6H3;2H,1H3;1-2H3. The maximum atomic E-state index is 8.95. The summed E-state index contributed by atoms with van der Waals surface area (Å²) >= 11 is 6.15. The van der Waals surface area contributed by atoms with E-state index in [2.05, 4.69) is 86.6 Å². The first kappa shape index (κ1) is 30.9. The average molecular weight is 538 g/mol. The Bertz CT molecular complexity index is 1360. The zero-order chi connectivity index (χ0) is 28.6. The van der Waals surface area contributed by atoms with Crippen LogP contribution in [0.3, 0.4) is 0 Å². The Morgan fingerprint density at radius 1 is 1.05 bits per heavy atom. The van der Waals surface area contributed by atoms with Gasteiger partial charge in [-0.3, -0.25) is 4.79 Å².